The van der Waals surface area contributed by atoms with Crippen molar-refractivity contribution in [1.82, 2.24) is 20.8 Å². The Kier molecular flexibility index (Phi) is 6.42. The number of aromatic nitrogens is 2. The van der Waals surface area contributed by atoms with Crippen molar-refractivity contribution in [1.29, 1.82) is 0 Å². The Morgan fingerprint density at radius 2 is 2.21 bits per heavy atom. The van der Waals surface area contributed by atoms with Gasteiger partial charge in [0.2, 0.25) is 0 Å². The molecule has 3 aliphatic rings. The Balaban J connectivity index is 1.44. The monoisotopic (exact) mass is 391 g/mol. The zero-order chi connectivity index (χ0) is 19.5. The average Bonchev–Trinajstić information content (AvgIpc) is 3.11. The maximum absolute atomic E-state index is 6.22. The summed E-state index contributed by atoms with van der Waals surface area (Å²) < 4.78 is 17.1. The van der Waals surface area contributed by atoms with Crippen LogP contribution in [0.1, 0.15) is 44.8 Å². The van der Waals surface area contributed by atoms with E-state index in [1.807, 2.05) is 0 Å². The van der Waals surface area contributed by atoms with Gasteiger partial charge in [0.05, 0.1) is 43.3 Å². The fourth-order valence-corrected chi connectivity index (χ4v) is 4.77. The van der Waals surface area contributed by atoms with E-state index in [-0.39, 0.29) is 24.4 Å². The molecule has 1 aromatic rings. The van der Waals surface area contributed by atoms with Crippen LogP contribution in [0.2, 0.25) is 0 Å². The predicted octanol–water partition coefficient (Wildman–Crippen LogP) is 1.44. The van der Waals surface area contributed by atoms with E-state index in [2.05, 4.69) is 45.6 Å². The van der Waals surface area contributed by atoms with Crippen molar-refractivity contribution in [3.05, 3.63) is 18.1 Å². The summed E-state index contributed by atoms with van der Waals surface area (Å²) in [7, 11) is 1.72. The van der Waals surface area contributed by atoms with Crippen LogP contribution in [0.25, 0.3) is 0 Å². The molecule has 0 bridgehead atoms. The van der Waals surface area contributed by atoms with Gasteiger partial charge in [0.25, 0.3) is 0 Å². The van der Waals surface area contributed by atoms with E-state index >= 15 is 0 Å². The van der Waals surface area contributed by atoms with Gasteiger partial charge < -0.3 is 19.1 Å². The molecule has 3 heterocycles. The highest BCUT2D eigenvalue weighted by atomic mass is 16.5. The third kappa shape index (κ3) is 4.46. The Hall–Kier alpha value is -1.32. The Morgan fingerprint density at radius 3 is 3.04 bits per heavy atom. The summed E-state index contributed by atoms with van der Waals surface area (Å²) in [6.45, 7) is 7.31. The molecule has 0 amide bonds. The maximum Gasteiger partial charge on any atom is 0.132 e. The fourth-order valence-electron chi connectivity index (χ4n) is 4.77. The summed E-state index contributed by atoms with van der Waals surface area (Å²) in [6.07, 6.45) is 5.54. The molecular weight excluding hydrogens is 358 g/mol. The van der Waals surface area contributed by atoms with E-state index in [0.29, 0.717) is 18.6 Å². The van der Waals surface area contributed by atoms with Crippen LogP contribution in [0.4, 0.5) is 5.82 Å². The van der Waals surface area contributed by atoms with Gasteiger partial charge in [0.1, 0.15) is 12.1 Å². The predicted molar refractivity (Wildman–Crippen MR) is 106 cm³/mol. The molecule has 28 heavy (non-hydrogen) atoms. The van der Waals surface area contributed by atoms with Crippen molar-refractivity contribution in [3.63, 3.8) is 0 Å². The van der Waals surface area contributed by atoms with Gasteiger partial charge in [-0.15, -0.1) is 0 Å². The van der Waals surface area contributed by atoms with Gasteiger partial charge in [-0.05, 0) is 33.1 Å². The topological polar surface area (TPSA) is 80.8 Å². The number of morpholine rings is 1. The van der Waals surface area contributed by atoms with E-state index in [4.69, 9.17) is 14.2 Å². The number of hydrogen-bond acceptors (Lipinski definition) is 8. The summed E-state index contributed by atoms with van der Waals surface area (Å²) in [4.78, 5) is 11.4. The number of methoxy groups -OCH3 is 1. The minimum atomic E-state index is 0.126. The first kappa shape index (κ1) is 20.0. The highest BCUT2D eigenvalue weighted by Gasteiger charge is 2.42. The Labute approximate surface area is 167 Å². The molecule has 0 aromatic carbocycles. The zero-order valence-electron chi connectivity index (χ0n) is 17.1. The molecule has 1 saturated carbocycles. The van der Waals surface area contributed by atoms with Gasteiger partial charge in [-0.3, -0.25) is 5.43 Å². The van der Waals surface area contributed by atoms with Gasteiger partial charge in [-0.1, -0.05) is 0 Å². The van der Waals surface area contributed by atoms with Crippen LogP contribution in [0.15, 0.2) is 12.4 Å². The molecule has 0 radical (unpaired) electrons. The number of hydrogen-bond donors (Lipinski definition) is 2. The van der Waals surface area contributed by atoms with Crippen molar-refractivity contribution in [2.75, 3.05) is 38.3 Å². The second kappa shape index (κ2) is 9.00. The van der Waals surface area contributed by atoms with Crippen LogP contribution in [-0.2, 0) is 14.2 Å². The maximum atomic E-state index is 6.22. The zero-order valence-corrected chi connectivity index (χ0v) is 17.1. The lowest BCUT2D eigenvalue weighted by molar-refractivity contribution is -0.0623. The van der Waals surface area contributed by atoms with E-state index in [9.17, 15) is 0 Å². The summed E-state index contributed by atoms with van der Waals surface area (Å²) in [5.74, 6) is 1.45. The molecule has 6 atom stereocenters. The molecule has 2 aliphatic heterocycles. The van der Waals surface area contributed by atoms with Crippen LogP contribution in [0.3, 0.4) is 0 Å². The van der Waals surface area contributed by atoms with Gasteiger partial charge in [0, 0.05) is 38.2 Å². The summed E-state index contributed by atoms with van der Waals surface area (Å²) in [5, 5.41) is 0. The lowest BCUT2D eigenvalue weighted by atomic mass is 9.79. The minimum absolute atomic E-state index is 0.126. The highest BCUT2D eigenvalue weighted by molar-refractivity contribution is 5.40. The SMILES string of the molecule is COC[C@H](C)OC1CCC2NNC(c3cc(N4CCO[C@H](C)C4)ncn3)C2C1. The average molecular weight is 392 g/mol. The van der Waals surface area contributed by atoms with Crippen molar-refractivity contribution in [2.24, 2.45) is 5.92 Å². The minimum Gasteiger partial charge on any atom is -0.382 e. The highest BCUT2D eigenvalue weighted by Crippen LogP contribution is 2.39. The summed E-state index contributed by atoms with van der Waals surface area (Å²) in [5.41, 5.74) is 8.03. The van der Waals surface area contributed by atoms with Crippen LogP contribution >= 0.6 is 0 Å². The second-order valence-electron chi connectivity index (χ2n) is 8.30. The molecule has 0 spiro atoms. The first-order chi connectivity index (χ1) is 13.6. The van der Waals surface area contributed by atoms with Gasteiger partial charge in [-0.2, -0.15) is 0 Å². The smallest absolute Gasteiger partial charge is 0.132 e. The number of rotatable bonds is 6. The van der Waals surface area contributed by atoms with E-state index < -0.39 is 0 Å². The van der Waals surface area contributed by atoms with Gasteiger partial charge in [-0.25, -0.2) is 15.4 Å². The van der Waals surface area contributed by atoms with Crippen molar-refractivity contribution >= 4 is 5.82 Å². The van der Waals surface area contributed by atoms with Crippen molar-refractivity contribution < 1.29 is 14.2 Å². The third-order valence-corrected chi connectivity index (χ3v) is 6.09. The number of anilines is 1. The first-order valence-electron chi connectivity index (χ1n) is 10.5. The van der Waals surface area contributed by atoms with E-state index in [1.165, 1.54) is 0 Å². The lowest BCUT2D eigenvalue weighted by Crippen LogP contribution is -2.41. The molecule has 8 heteroatoms. The Bertz CT molecular complexity index is 648. The van der Waals surface area contributed by atoms with Crippen LogP contribution in [0.5, 0.6) is 0 Å². The number of hydrazine groups is 1. The molecular formula is C20H33N5O3. The molecule has 3 fully saturated rings. The fraction of sp³-hybridized carbons (Fsp3) is 0.800. The quantitative estimate of drug-likeness (QED) is 0.754. The molecule has 4 rings (SSSR count). The lowest BCUT2D eigenvalue weighted by Gasteiger charge is -2.34. The van der Waals surface area contributed by atoms with Crippen LogP contribution < -0.4 is 15.8 Å². The van der Waals surface area contributed by atoms with Crippen LogP contribution in [-0.4, -0.2) is 67.7 Å². The van der Waals surface area contributed by atoms with Crippen LogP contribution in [0, 0.1) is 5.92 Å². The number of nitrogens with one attached hydrogen (secondary N) is 2. The van der Waals surface area contributed by atoms with Gasteiger partial charge in [0.15, 0.2) is 0 Å². The van der Waals surface area contributed by atoms with Crippen molar-refractivity contribution in [3.8, 4) is 0 Å². The van der Waals surface area contributed by atoms with Crippen molar-refractivity contribution in [2.45, 2.75) is 63.5 Å². The number of nitrogens with zero attached hydrogens (tertiary/aromatic N) is 3. The summed E-state index contributed by atoms with van der Waals surface area (Å²) in [6, 6.07) is 2.77. The normalized spacial score (nSPS) is 34.2. The summed E-state index contributed by atoms with van der Waals surface area (Å²) >= 11 is 0. The first-order valence-corrected chi connectivity index (χ1v) is 10.5. The van der Waals surface area contributed by atoms with Gasteiger partial charge >= 0.3 is 0 Å². The molecule has 8 nitrogen and oxygen atoms in total. The number of fused-ring (bicyclic) bond motifs is 1. The van der Waals surface area contributed by atoms with E-state index in [1.54, 1.807) is 13.4 Å². The standard InChI is InChI=1S/C20H33N5O3/c1-13-10-25(6-7-27-13)19-9-18(21-12-22-19)20-16-8-15(28-14(2)11-26-3)4-5-17(16)23-24-20/h9,12-17,20,23-24H,4-8,10-11H2,1-3H3/t13-,14+,15?,16?,17?,20?/m1/s1. The molecule has 1 aliphatic carbocycles. The molecule has 4 unspecified atom stereocenters. The Morgan fingerprint density at radius 1 is 1.32 bits per heavy atom. The molecule has 1 aromatic heterocycles. The molecule has 2 N–H and O–H groups in total. The number of ether oxygens (including phenoxy) is 3. The molecule has 2 saturated heterocycles. The second-order valence-corrected chi connectivity index (χ2v) is 8.30. The van der Waals surface area contributed by atoms with E-state index in [0.717, 1.165) is 50.5 Å². The molecule has 156 valence electrons. The largest absolute Gasteiger partial charge is 0.382 e. The third-order valence-electron chi connectivity index (χ3n) is 6.09.